The molecule has 0 N–H and O–H groups in total. The molecule has 1 aliphatic heterocycles. The Labute approximate surface area is 146 Å². The summed E-state index contributed by atoms with van der Waals surface area (Å²) in [7, 11) is 0. The molecule has 1 heterocycles. The minimum atomic E-state index is -0.535. The van der Waals surface area contributed by atoms with Crippen LogP contribution in [0.2, 0.25) is 0 Å². The fourth-order valence-electron chi connectivity index (χ4n) is 6.29. The highest BCUT2D eigenvalue weighted by Gasteiger charge is 2.68. The second kappa shape index (κ2) is 4.28. The summed E-state index contributed by atoms with van der Waals surface area (Å²) in [6.07, 6.45) is 0.922. The van der Waals surface area contributed by atoms with Crippen LogP contribution in [0.4, 0.5) is 0 Å². The SMILES string of the molecule is O=C1CC23COCC24c2ccccc2C(c2ccccc24)C1C(=O)C3. The Hall–Kier alpha value is -2.26. The minimum absolute atomic E-state index is 0.111. The van der Waals surface area contributed by atoms with Gasteiger partial charge in [0.1, 0.15) is 11.6 Å². The lowest BCUT2D eigenvalue weighted by Gasteiger charge is -2.56. The molecule has 1 saturated heterocycles. The Balaban J connectivity index is 1.85. The van der Waals surface area contributed by atoms with E-state index in [0.717, 1.165) is 11.1 Å². The molecule has 2 aromatic carbocycles. The van der Waals surface area contributed by atoms with Crippen LogP contribution in [-0.4, -0.2) is 24.8 Å². The molecule has 0 aromatic heterocycles. The predicted octanol–water partition coefficient (Wildman–Crippen LogP) is 3.00. The van der Waals surface area contributed by atoms with Gasteiger partial charge in [-0.25, -0.2) is 0 Å². The first-order chi connectivity index (χ1) is 12.2. The van der Waals surface area contributed by atoms with Crippen molar-refractivity contribution in [3.05, 3.63) is 70.8 Å². The van der Waals surface area contributed by atoms with Crippen LogP contribution in [-0.2, 0) is 19.7 Å². The summed E-state index contributed by atoms with van der Waals surface area (Å²) in [5.74, 6) is -0.455. The molecule has 2 fully saturated rings. The van der Waals surface area contributed by atoms with Crippen LogP contribution in [0, 0.1) is 11.3 Å². The van der Waals surface area contributed by atoms with E-state index in [0.29, 0.717) is 26.1 Å². The fraction of sp³-hybridized carbons (Fsp3) is 0.364. The second-order valence-electron chi connectivity index (χ2n) is 8.09. The van der Waals surface area contributed by atoms with E-state index in [2.05, 4.69) is 36.4 Å². The third kappa shape index (κ3) is 1.37. The van der Waals surface area contributed by atoms with Crippen molar-refractivity contribution in [1.82, 2.24) is 0 Å². The Morgan fingerprint density at radius 3 is 1.92 bits per heavy atom. The molecule has 3 heteroatoms. The summed E-state index contributed by atoms with van der Waals surface area (Å²) in [6.45, 7) is 1.05. The zero-order valence-corrected chi connectivity index (χ0v) is 13.8. The van der Waals surface area contributed by atoms with Gasteiger partial charge < -0.3 is 4.74 Å². The molecule has 0 radical (unpaired) electrons. The van der Waals surface area contributed by atoms with Gasteiger partial charge in [0, 0.05) is 24.2 Å². The molecular formula is C22H18O3. The number of benzene rings is 2. The largest absolute Gasteiger partial charge is 0.379 e. The third-order valence-electron chi connectivity index (χ3n) is 7.17. The lowest BCUT2D eigenvalue weighted by Crippen LogP contribution is -2.59. The molecule has 6 aliphatic carbocycles. The Morgan fingerprint density at radius 2 is 1.32 bits per heavy atom. The van der Waals surface area contributed by atoms with E-state index in [9.17, 15) is 9.59 Å². The van der Waals surface area contributed by atoms with Gasteiger partial charge in [-0.3, -0.25) is 9.59 Å². The number of hydrogen-bond donors (Lipinski definition) is 0. The van der Waals surface area contributed by atoms with Crippen LogP contribution in [0.5, 0.6) is 0 Å². The molecule has 7 aliphatic rings. The van der Waals surface area contributed by atoms with Crippen LogP contribution in [0.1, 0.15) is 41.0 Å². The minimum Gasteiger partial charge on any atom is -0.379 e. The third-order valence-corrected chi connectivity index (χ3v) is 7.17. The number of Topliss-reactive ketones (excluding diaryl/α,β-unsaturated/α-hetero) is 2. The smallest absolute Gasteiger partial charge is 0.145 e. The van der Waals surface area contributed by atoms with Crippen molar-refractivity contribution < 1.29 is 14.3 Å². The zero-order chi connectivity index (χ0) is 16.8. The van der Waals surface area contributed by atoms with Gasteiger partial charge in [0.05, 0.1) is 24.5 Å². The second-order valence-corrected chi connectivity index (χ2v) is 8.09. The van der Waals surface area contributed by atoms with Crippen LogP contribution in [0.3, 0.4) is 0 Å². The number of carbonyl (C=O) groups is 2. The van der Waals surface area contributed by atoms with E-state index >= 15 is 0 Å². The molecule has 4 bridgehead atoms. The maximum Gasteiger partial charge on any atom is 0.145 e. The number of ether oxygens (including phenoxy) is 1. The summed E-state index contributed by atoms with van der Waals surface area (Å²) >= 11 is 0. The van der Waals surface area contributed by atoms with Crippen molar-refractivity contribution >= 4 is 11.6 Å². The first-order valence-corrected chi connectivity index (χ1v) is 9.00. The zero-order valence-electron chi connectivity index (χ0n) is 13.8. The van der Waals surface area contributed by atoms with Gasteiger partial charge in [0.2, 0.25) is 0 Å². The van der Waals surface area contributed by atoms with E-state index in [1.165, 1.54) is 11.1 Å². The highest BCUT2D eigenvalue weighted by Crippen LogP contribution is 2.66. The first kappa shape index (κ1) is 14.0. The summed E-state index contributed by atoms with van der Waals surface area (Å²) in [6, 6.07) is 16.8. The number of rotatable bonds is 0. The van der Waals surface area contributed by atoms with Crippen LogP contribution in [0.15, 0.2) is 48.5 Å². The van der Waals surface area contributed by atoms with E-state index in [1.807, 2.05) is 12.1 Å². The van der Waals surface area contributed by atoms with Crippen molar-refractivity contribution in [3.8, 4) is 0 Å². The maximum absolute atomic E-state index is 13.1. The summed E-state index contributed by atoms with van der Waals surface area (Å²) in [5, 5.41) is 0. The topological polar surface area (TPSA) is 43.4 Å². The van der Waals surface area contributed by atoms with Gasteiger partial charge in [-0.15, -0.1) is 0 Å². The van der Waals surface area contributed by atoms with Crippen LogP contribution in [0.25, 0.3) is 0 Å². The number of carbonyl (C=O) groups excluding carboxylic acids is 2. The molecule has 1 saturated carbocycles. The fourth-order valence-corrected chi connectivity index (χ4v) is 6.29. The summed E-state index contributed by atoms with van der Waals surface area (Å²) in [5.41, 5.74) is 4.05. The lowest BCUT2D eigenvalue weighted by molar-refractivity contribution is -0.143. The van der Waals surface area contributed by atoms with Crippen molar-refractivity contribution in [2.75, 3.05) is 13.2 Å². The van der Waals surface area contributed by atoms with Gasteiger partial charge in [0.15, 0.2) is 0 Å². The molecule has 2 spiro atoms. The molecule has 124 valence electrons. The van der Waals surface area contributed by atoms with Crippen molar-refractivity contribution in [1.29, 1.82) is 0 Å². The van der Waals surface area contributed by atoms with Crippen LogP contribution < -0.4 is 0 Å². The highest BCUT2D eigenvalue weighted by atomic mass is 16.5. The normalized spacial score (nSPS) is 37.3. The van der Waals surface area contributed by atoms with E-state index in [1.54, 1.807) is 0 Å². The average molecular weight is 330 g/mol. The standard InChI is InChI=1S/C22H18O3/c23-17-9-21-10-18(24)20(17)19-13-5-1-3-7-15(13)22(21,12-25-11-21)16-8-4-2-6-14(16)19/h1-8,19-20H,9-12H2. The molecule has 3 nitrogen and oxygen atoms in total. The summed E-state index contributed by atoms with van der Waals surface area (Å²) < 4.78 is 6.05. The van der Waals surface area contributed by atoms with Gasteiger partial charge in [0.25, 0.3) is 0 Å². The number of ketones is 2. The molecule has 2 aromatic rings. The van der Waals surface area contributed by atoms with Gasteiger partial charge >= 0.3 is 0 Å². The summed E-state index contributed by atoms with van der Waals surface area (Å²) in [4.78, 5) is 26.2. The molecule has 0 amide bonds. The lowest BCUT2D eigenvalue weighted by atomic mass is 9.44. The highest BCUT2D eigenvalue weighted by molar-refractivity contribution is 6.08. The van der Waals surface area contributed by atoms with Crippen LogP contribution >= 0.6 is 0 Å². The molecular weight excluding hydrogens is 312 g/mol. The molecule has 0 unspecified atom stereocenters. The van der Waals surface area contributed by atoms with Crippen molar-refractivity contribution in [3.63, 3.8) is 0 Å². The Morgan fingerprint density at radius 1 is 0.760 bits per heavy atom. The Bertz CT molecular complexity index is 892. The van der Waals surface area contributed by atoms with Gasteiger partial charge in [-0.2, -0.15) is 0 Å². The molecule has 9 rings (SSSR count). The van der Waals surface area contributed by atoms with E-state index < -0.39 is 11.3 Å². The quantitative estimate of drug-likeness (QED) is 0.698. The monoisotopic (exact) mass is 330 g/mol. The van der Waals surface area contributed by atoms with E-state index in [4.69, 9.17) is 4.74 Å². The van der Waals surface area contributed by atoms with Crippen molar-refractivity contribution in [2.24, 2.45) is 11.3 Å². The van der Waals surface area contributed by atoms with Crippen molar-refractivity contribution in [2.45, 2.75) is 24.2 Å². The molecule has 0 atom stereocenters. The van der Waals surface area contributed by atoms with Gasteiger partial charge in [-0.1, -0.05) is 48.5 Å². The maximum atomic E-state index is 13.1. The van der Waals surface area contributed by atoms with E-state index in [-0.39, 0.29) is 22.9 Å². The number of hydrogen-bond acceptors (Lipinski definition) is 3. The first-order valence-electron chi connectivity index (χ1n) is 9.00. The Kier molecular flexibility index (Phi) is 2.39. The predicted molar refractivity (Wildman–Crippen MR) is 91.5 cm³/mol. The van der Waals surface area contributed by atoms with Gasteiger partial charge in [-0.05, 0) is 22.3 Å². The average Bonchev–Trinajstić information content (AvgIpc) is 2.92. The molecule has 25 heavy (non-hydrogen) atoms.